The van der Waals surface area contributed by atoms with Crippen molar-refractivity contribution in [2.24, 2.45) is 5.10 Å². The Bertz CT molecular complexity index is 840. The quantitative estimate of drug-likeness (QED) is 0.454. The third-order valence-corrected chi connectivity index (χ3v) is 4.51. The van der Waals surface area contributed by atoms with Crippen LogP contribution in [-0.2, 0) is 11.3 Å². The Morgan fingerprint density at radius 2 is 2.00 bits per heavy atom. The second kappa shape index (κ2) is 9.67. The number of hydrogen-bond acceptors (Lipinski definition) is 6. The Morgan fingerprint density at radius 1 is 1.31 bits per heavy atom. The lowest BCUT2D eigenvalue weighted by molar-refractivity contribution is 0.184. The molecule has 0 aliphatic carbocycles. The summed E-state index contributed by atoms with van der Waals surface area (Å²) < 4.78 is 12.4. The lowest BCUT2D eigenvalue weighted by Crippen LogP contribution is -2.03. The molecule has 6 nitrogen and oxygen atoms in total. The molecule has 0 radical (unpaired) electrons. The Labute approximate surface area is 169 Å². The van der Waals surface area contributed by atoms with Gasteiger partial charge in [-0.05, 0) is 69.5 Å². The van der Waals surface area contributed by atoms with Crippen molar-refractivity contribution in [3.8, 4) is 11.8 Å². The normalized spacial score (nSPS) is 10.8. The van der Waals surface area contributed by atoms with Gasteiger partial charge >= 0.3 is 0 Å². The predicted molar refractivity (Wildman–Crippen MR) is 109 cm³/mol. The molecule has 0 atom stereocenters. The molecular formula is C18H18Br2N4O2. The highest BCUT2D eigenvalue weighted by Gasteiger charge is 2.11. The summed E-state index contributed by atoms with van der Waals surface area (Å²) in [5.41, 5.74) is 5.67. The van der Waals surface area contributed by atoms with E-state index >= 15 is 0 Å². The molecule has 1 aromatic carbocycles. The van der Waals surface area contributed by atoms with Crippen LogP contribution in [0.15, 0.2) is 32.2 Å². The molecule has 1 aromatic heterocycles. The molecule has 26 heavy (non-hydrogen) atoms. The largest absolute Gasteiger partial charge is 0.492 e. The second-order valence-electron chi connectivity index (χ2n) is 5.31. The molecule has 0 bridgehead atoms. The van der Waals surface area contributed by atoms with Crippen molar-refractivity contribution in [3.05, 3.63) is 49.5 Å². The van der Waals surface area contributed by atoms with Gasteiger partial charge in [0, 0.05) is 18.4 Å². The van der Waals surface area contributed by atoms with E-state index in [0.717, 1.165) is 31.5 Å². The van der Waals surface area contributed by atoms with E-state index in [1.807, 2.05) is 32.0 Å². The number of aryl methyl sites for hydroxylation is 1. The molecule has 0 saturated heterocycles. The summed E-state index contributed by atoms with van der Waals surface area (Å²) >= 11 is 6.98. The summed E-state index contributed by atoms with van der Waals surface area (Å²) in [6.45, 7) is 4.70. The average Bonchev–Trinajstić information content (AvgIpc) is 2.58. The number of nitrogens with zero attached hydrogens (tertiary/aromatic N) is 3. The third kappa shape index (κ3) is 5.04. The Morgan fingerprint density at radius 3 is 2.58 bits per heavy atom. The number of nitrogens with one attached hydrogen (secondary N) is 1. The van der Waals surface area contributed by atoms with Gasteiger partial charge in [-0.1, -0.05) is 0 Å². The minimum atomic E-state index is 0.337. The van der Waals surface area contributed by atoms with Gasteiger partial charge in [0.1, 0.15) is 17.4 Å². The first-order valence-electron chi connectivity index (χ1n) is 7.80. The number of methoxy groups -OCH3 is 1. The average molecular weight is 482 g/mol. The van der Waals surface area contributed by atoms with Gasteiger partial charge in [0.15, 0.2) is 5.82 Å². The summed E-state index contributed by atoms with van der Waals surface area (Å²) in [7, 11) is 1.59. The number of ether oxygens (including phenoxy) is 2. The van der Waals surface area contributed by atoms with Crippen molar-refractivity contribution in [1.29, 1.82) is 5.26 Å². The van der Waals surface area contributed by atoms with E-state index in [1.54, 1.807) is 13.3 Å². The molecule has 1 heterocycles. The molecule has 0 fully saturated rings. The molecule has 2 aromatic rings. The SMILES string of the molecule is CCOc1c(Br)cc(C=NNc2nc(C)cc(COC)c2C#N)cc1Br. The highest BCUT2D eigenvalue weighted by Crippen LogP contribution is 2.34. The van der Waals surface area contributed by atoms with Crippen molar-refractivity contribution in [3.63, 3.8) is 0 Å². The topological polar surface area (TPSA) is 79.5 Å². The number of hydrogen-bond donors (Lipinski definition) is 1. The monoisotopic (exact) mass is 480 g/mol. The molecule has 0 aliphatic heterocycles. The van der Waals surface area contributed by atoms with Crippen LogP contribution in [0.5, 0.6) is 5.75 Å². The number of anilines is 1. The van der Waals surface area contributed by atoms with Gasteiger partial charge in [-0.15, -0.1) is 0 Å². The Hall–Kier alpha value is -1.95. The van der Waals surface area contributed by atoms with Gasteiger partial charge in [0.2, 0.25) is 0 Å². The van der Waals surface area contributed by atoms with Gasteiger partial charge in [0.05, 0.1) is 28.4 Å². The van der Waals surface area contributed by atoms with Crippen LogP contribution in [0.2, 0.25) is 0 Å². The van der Waals surface area contributed by atoms with Gasteiger partial charge in [-0.3, -0.25) is 5.43 Å². The van der Waals surface area contributed by atoms with E-state index in [0.29, 0.717) is 24.6 Å². The zero-order valence-electron chi connectivity index (χ0n) is 14.6. The number of aromatic nitrogens is 1. The smallest absolute Gasteiger partial charge is 0.164 e. The lowest BCUT2D eigenvalue weighted by Gasteiger charge is -2.10. The molecule has 0 spiro atoms. The van der Waals surface area contributed by atoms with Crippen LogP contribution in [0.3, 0.4) is 0 Å². The molecule has 0 unspecified atom stereocenters. The van der Waals surface area contributed by atoms with E-state index in [9.17, 15) is 5.26 Å². The number of nitriles is 1. The van der Waals surface area contributed by atoms with E-state index in [2.05, 4.69) is 53.4 Å². The number of halogens is 2. The fourth-order valence-electron chi connectivity index (χ4n) is 2.32. The summed E-state index contributed by atoms with van der Waals surface area (Å²) in [4.78, 5) is 4.35. The first-order valence-corrected chi connectivity index (χ1v) is 9.39. The zero-order valence-corrected chi connectivity index (χ0v) is 17.8. The number of rotatable bonds is 7. The number of benzene rings is 1. The molecule has 136 valence electrons. The summed E-state index contributed by atoms with van der Waals surface area (Å²) in [5, 5.41) is 13.6. The molecule has 0 amide bonds. The van der Waals surface area contributed by atoms with Crippen LogP contribution in [0.1, 0.15) is 29.3 Å². The van der Waals surface area contributed by atoms with E-state index in [1.165, 1.54) is 0 Å². The first-order chi connectivity index (χ1) is 12.5. The van der Waals surface area contributed by atoms with Crippen LogP contribution in [0.25, 0.3) is 0 Å². The minimum absolute atomic E-state index is 0.337. The van der Waals surface area contributed by atoms with Gasteiger partial charge in [-0.25, -0.2) is 4.98 Å². The van der Waals surface area contributed by atoms with Crippen molar-refractivity contribution < 1.29 is 9.47 Å². The summed E-state index contributed by atoms with van der Waals surface area (Å²) in [6.07, 6.45) is 1.65. The standard InChI is InChI=1S/C18H18Br2N4O2/c1-4-26-17-15(19)6-12(7-16(17)20)9-22-24-18-14(8-21)13(10-25-3)5-11(2)23-18/h5-7,9H,4,10H2,1-3H3,(H,23,24). The summed E-state index contributed by atoms with van der Waals surface area (Å²) in [5.74, 6) is 1.15. The van der Waals surface area contributed by atoms with Crippen LogP contribution >= 0.6 is 31.9 Å². The van der Waals surface area contributed by atoms with Crippen molar-refractivity contribution in [2.45, 2.75) is 20.5 Å². The maximum absolute atomic E-state index is 9.42. The fraction of sp³-hybridized carbons (Fsp3) is 0.278. The minimum Gasteiger partial charge on any atom is -0.492 e. The zero-order chi connectivity index (χ0) is 19.1. The van der Waals surface area contributed by atoms with E-state index in [4.69, 9.17) is 9.47 Å². The Balaban J connectivity index is 2.25. The predicted octanol–water partition coefficient (Wildman–Crippen LogP) is 4.78. The first kappa shape index (κ1) is 20.4. The molecule has 0 aliphatic rings. The van der Waals surface area contributed by atoms with Crippen LogP contribution in [0, 0.1) is 18.3 Å². The van der Waals surface area contributed by atoms with Gasteiger partial charge in [-0.2, -0.15) is 10.4 Å². The van der Waals surface area contributed by atoms with Gasteiger partial charge in [0.25, 0.3) is 0 Å². The maximum Gasteiger partial charge on any atom is 0.164 e. The number of hydrazone groups is 1. The molecule has 1 N–H and O–H groups in total. The van der Waals surface area contributed by atoms with E-state index in [-0.39, 0.29) is 0 Å². The lowest BCUT2D eigenvalue weighted by atomic mass is 10.1. The number of pyridine rings is 1. The van der Waals surface area contributed by atoms with Crippen molar-refractivity contribution >= 4 is 43.9 Å². The molecular weight excluding hydrogens is 464 g/mol. The molecule has 8 heteroatoms. The van der Waals surface area contributed by atoms with Crippen LogP contribution in [0.4, 0.5) is 5.82 Å². The fourth-order valence-corrected chi connectivity index (χ4v) is 3.77. The van der Waals surface area contributed by atoms with Crippen molar-refractivity contribution in [1.82, 2.24) is 4.98 Å². The Kier molecular flexibility index (Phi) is 7.57. The molecule has 2 rings (SSSR count). The third-order valence-electron chi connectivity index (χ3n) is 3.33. The summed E-state index contributed by atoms with van der Waals surface area (Å²) in [6, 6.07) is 7.78. The van der Waals surface area contributed by atoms with E-state index < -0.39 is 0 Å². The molecule has 0 saturated carbocycles. The van der Waals surface area contributed by atoms with Crippen LogP contribution < -0.4 is 10.2 Å². The van der Waals surface area contributed by atoms with Crippen molar-refractivity contribution in [2.75, 3.05) is 19.1 Å². The maximum atomic E-state index is 9.42. The van der Waals surface area contributed by atoms with Gasteiger partial charge < -0.3 is 9.47 Å². The highest BCUT2D eigenvalue weighted by atomic mass is 79.9. The second-order valence-corrected chi connectivity index (χ2v) is 7.02. The van der Waals surface area contributed by atoms with Crippen LogP contribution in [-0.4, -0.2) is 24.9 Å². The highest BCUT2D eigenvalue weighted by molar-refractivity contribution is 9.11.